The molecule has 2 amide bonds. The minimum absolute atomic E-state index is 0.00138. The fourth-order valence-electron chi connectivity index (χ4n) is 6.00. The largest absolute Gasteiger partial charge is 0.481 e. The first-order valence-electron chi connectivity index (χ1n) is 11.8. The van der Waals surface area contributed by atoms with Crippen LogP contribution < -0.4 is 10.6 Å². The second-order valence-corrected chi connectivity index (χ2v) is 10.9. The highest BCUT2D eigenvalue weighted by Crippen LogP contribution is 2.65. The molecule has 2 N–H and O–H groups in total. The van der Waals surface area contributed by atoms with Crippen LogP contribution in [0.3, 0.4) is 0 Å². The molecule has 180 valence electrons. The summed E-state index contributed by atoms with van der Waals surface area (Å²) in [7, 11) is -0.571. The second kappa shape index (κ2) is 8.66. The Morgan fingerprint density at radius 3 is 2.61 bits per heavy atom. The molecule has 4 fully saturated rings. The molecule has 1 aromatic carbocycles. The molecule has 1 aliphatic heterocycles. The predicted octanol–water partition coefficient (Wildman–Crippen LogP) is 3.49. The van der Waals surface area contributed by atoms with Crippen molar-refractivity contribution in [1.29, 1.82) is 0 Å². The van der Waals surface area contributed by atoms with Crippen LogP contribution in [0.2, 0.25) is 0 Å². The van der Waals surface area contributed by atoms with Crippen molar-refractivity contribution in [2.24, 2.45) is 23.2 Å². The zero-order chi connectivity index (χ0) is 24.1. The molecule has 0 radical (unpaired) electrons. The van der Waals surface area contributed by atoms with E-state index in [0.29, 0.717) is 18.3 Å². The van der Waals surface area contributed by atoms with E-state index in [0.717, 1.165) is 31.0 Å². The Kier molecular flexibility index (Phi) is 6.33. The normalized spacial score (nSPS) is 30.4. The molecule has 4 aliphatic rings. The quantitative estimate of drug-likeness (QED) is 0.609. The number of amides is 2. The van der Waals surface area contributed by atoms with E-state index < -0.39 is 36.1 Å². The lowest BCUT2D eigenvalue weighted by molar-refractivity contribution is -0.199. The standard InChI is InChI=1S/C24H33BF2N2O4/c1-13(2)8-20(25-32-19-10-14-9-18(23(14,3)4)24(19,5)33-25)29-21(30)12-28-22(31)16-11-15(26)6-7-17(16)27/h6-7,11,13-14,18-20H,8-10,12H2,1-5H3,(H,28,31)(H,29,30)/t14-,18-,19+,20-,24-/m0/s1. The molecule has 5 rings (SSSR count). The molecule has 1 aromatic rings. The number of nitrogens with one attached hydrogen (secondary N) is 2. The van der Waals surface area contributed by atoms with Gasteiger partial charge in [0.25, 0.3) is 5.91 Å². The highest BCUT2D eigenvalue weighted by atomic mass is 19.1. The molecule has 0 aromatic heterocycles. The molecule has 5 atom stereocenters. The van der Waals surface area contributed by atoms with Crippen LogP contribution >= 0.6 is 0 Å². The van der Waals surface area contributed by atoms with Crippen LogP contribution in [0.1, 0.15) is 64.2 Å². The minimum atomic E-state index is -0.850. The van der Waals surface area contributed by atoms with E-state index in [-0.39, 0.29) is 35.5 Å². The Hall–Kier alpha value is -2.00. The maximum absolute atomic E-state index is 13.8. The van der Waals surface area contributed by atoms with Gasteiger partial charge in [-0.25, -0.2) is 8.78 Å². The van der Waals surface area contributed by atoms with Gasteiger partial charge in [0.05, 0.1) is 29.8 Å². The fourth-order valence-corrected chi connectivity index (χ4v) is 6.00. The van der Waals surface area contributed by atoms with Gasteiger partial charge in [0, 0.05) is 0 Å². The Labute approximate surface area is 194 Å². The third-order valence-electron chi connectivity index (χ3n) is 7.95. The van der Waals surface area contributed by atoms with Gasteiger partial charge in [-0.05, 0) is 67.6 Å². The summed E-state index contributed by atoms with van der Waals surface area (Å²) in [4.78, 5) is 24.9. The van der Waals surface area contributed by atoms with Gasteiger partial charge in [-0.15, -0.1) is 0 Å². The van der Waals surface area contributed by atoms with E-state index >= 15 is 0 Å². The first-order valence-corrected chi connectivity index (χ1v) is 11.8. The summed E-state index contributed by atoms with van der Waals surface area (Å²) in [6.45, 7) is 10.5. The van der Waals surface area contributed by atoms with Crippen LogP contribution in [0.4, 0.5) is 8.78 Å². The van der Waals surface area contributed by atoms with Crippen molar-refractivity contribution in [2.45, 2.75) is 71.5 Å². The zero-order valence-corrected chi connectivity index (χ0v) is 19.9. The minimum Gasteiger partial charge on any atom is -0.404 e. The van der Waals surface area contributed by atoms with E-state index in [9.17, 15) is 18.4 Å². The van der Waals surface area contributed by atoms with Gasteiger partial charge in [-0.2, -0.15) is 0 Å². The Morgan fingerprint density at radius 1 is 1.21 bits per heavy atom. The van der Waals surface area contributed by atoms with Crippen molar-refractivity contribution in [3.63, 3.8) is 0 Å². The number of hydrogen-bond donors (Lipinski definition) is 2. The maximum atomic E-state index is 13.8. The summed E-state index contributed by atoms with van der Waals surface area (Å²) in [6, 6.07) is 2.61. The maximum Gasteiger partial charge on any atom is 0.481 e. The average Bonchev–Trinajstić information content (AvgIpc) is 3.10. The van der Waals surface area contributed by atoms with Gasteiger partial charge in [-0.1, -0.05) is 27.7 Å². The van der Waals surface area contributed by atoms with Crippen molar-refractivity contribution in [3.05, 3.63) is 35.4 Å². The summed E-state index contributed by atoms with van der Waals surface area (Å²) in [5, 5.41) is 5.29. The molecule has 3 saturated carbocycles. The summed E-state index contributed by atoms with van der Waals surface area (Å²) in [5.41, 5.74) is -0.606. The molecule has 0 spiro atoms. The smallest absolute Gasteiger partial charge is 0.404 e. The topological polar surface area (TPSA) is 76.7 Å². The van der Waals surface area contributed by atoms with Crippen LogP contribution in [0.5, 0.6) is 0 Å². The number of carbonyl (C=O) groups is 2. The lowest BCUT2D eigenvalue weighted by Gasteiger charge is -2.64. The highest BCUT2D eigenvalue weighted by molar-refractivity contribution is 6.47. The van der Waals surface area contributed by atoms with Crippen LogP contribution in [0, 0.1) is 34.8 Å². The van der Waals surface area contributed by atoms with Crippen molar-refractivity contribution >= 4 is 18.9 Å². The number of benzene rings is 1. The van der Waals surface area contributed by atoms with Crippen molar-refractivity contribution in [1.82, 2.24) is 10.6 Å². The Bertz CT molecular complexity index is 943. The van der Waals surface area contributed by atoms with Gasteiger partial charge in [0.1, 0.15) is 11.6 Å². The molecule has 9 heteroatoms. The molecular formula is C24H33BF2N2O4. The number of hydrogen-bond acceptors (Lipinski definition) is 4. The Morgan fingerprint density at radius 2 is 1.94 bits per heavy atom. The van der Waals surface area contributed by atoms with Crippen molar-refractivity contribution < 1.29 is 27.7 Å². The lowest BCUT2D eigenvalue weighted by atomic mass is 9.43. The molecule has 3 aliphatic carbocycles. The molecule has 33 heavy (non-hydrogen) atoms. The summed E-state index contributed by atoms with van der Waals surface area (Å²) < 4.78 is 40.0. The molecule has 6 nitrogen and oxygen atoms in total. The third kappa shape index (κ3) is 4.42. The summed E-state index contributed by atoms with van der Waals surface area (Å²) in [6.07, 6.45) is 2.73. The number of halogens is 2. The van der Waals surface area contributed by atoms with Gasteiger partial charge >= 0.3 is 7.12 Å². The van der Waals surface area contributed by atoms with Gasteiger partial charge in [0.2, 0.25) is 5.91 Å². The lowest BCUT2D eigenvalue weighted by Crippen LogP contribution is -2.65. The summed E-state index contributed by atoms with van der Waals surface area (Å²) in [5.74, 6) is -1.94. The highest BCUT2D eigenvalue weighted by Gasteiger charge is 2.68. The number of rotatable bonds is 7. The van der Waals surface area contributed by atoms with Crippen molar-refractivity contribution in [2.75, 3.05) is 6.54 Å². The first-order chi connectivity index (χ1) is 15.4. The van der Waals surface area contributed by atoms with Crippen molar-refractivity contribution in [3.8, 4) is 0 Å². The van der Waals surface area contributed by atoms with Crippen LogP contribution in [0.25, 0.3) is 0 Å². The van der Waals surface area contributed by atoms with Gasteiger partial charge in [0.15, 0.2) is 0 Å². The van der Waals surface area contributed by atoms with Crippen LogP contribution in [0.15, 0.2) is 18.2 Å². The second-order valence-electron chi connectivity index (χ2n) is 10.9. The number of carbonyl (C=O) groups excluding carboxylic acids is 2. The molecule has 1 saturated heterocycles. The Balaban J connectivity index is 1.39. The van der Waals surface area contributed by atoms with E-state index in [1.54, 1.807) is 0 Å². The van der Waals surface area contributed by atoms with Gasteiger partial charge in [-0.3, -0.25) is 9.59 Å². The third-order valence-corrected chi connectivity index (χ3v) is 7.95. The van der Waals surface area contributed by atoms with E-state index in [1.807, 2.05) is 0 Å². The summed E-state index contributed by atoms with van der Waals surface area (Å²) >= 11 is 0. The van der Waals surface area contributed by atoms with Crippen LogP contribution in [-0.4, -0.2) is 43.1 Å². The monoisotopic (exact) mass is 462 g/mol. The van der Waals surface area contributed by atoms with E-state index in [4.69, 9.17) is 9.31 Å². The van der Waals surface area contributed by atoms with E-state index in [1.165, 1.54) is 0 Å². The van der Waals surface area contributed by atoms with E-state index in [2.05, 4.69) is 45.3 Å². The SMILES string of the molecule is CC(C)C[C@H](NC(=O)CNC(=O)c1cc(F)ccc1F)B1O[C@@H]2C[C@@H]3C[C@@H](C3(C)C)[C@]2(C)O1. The van der Waals surface area contributed by atoms with Crippen LogP contribution in [-0.2, 0) is 14.1 Å². The molecule has 2 bridgehead atoms. The zero-order valence-electron chi connectivity index (χ0n) is 19.9. The first kappa shape index (κ1) is 24.1. The molecule has 1 heterocycles. The average molecular weight is 462 g/mol. The predicted molar refractivity (Wildman–Crippen MR) is 120 cm³/mol. The molecular weight excluding hydrogens is 429 g/mol. The fraction of sp³-hybridized carbons (Fsp3) is 0.667. The van der Waals surface area contributed by atoms with Gasteiger partial charge < -0.3 is 19.9 Å². The molecule has 0 unspecified atom stereocenters.